The van der Waals surface area contributed by atoms with Crippen molar-refractivity contribution in [2.45, 2.75) is 25.8 Å². The van der Waals surface area contributed by atoms with Gasteiger partial charge in [0.15, 0.2) is 16.4 Å². The predicted molar refractivity (Wildman–Crippen MR) is 90.3 cm³/mol. The van der Waals surface area contributed by atoms with Crippen molar-refractivity contribution >= 4 is 33.3 Å². The Kier molecular flexibility index (Phi) is 6.23. The van der Waals surface area contributed by atoms with Crippen LogP contribution >= 0.6 is 11.6 Å². The molecule has 2 atom stereocenters. The molecule has 0 bridgehead atoms. The number of carbonyl (C=O) groups is 2. The Balaban J connectivity index is 1.73. The zero-order valence-corrected chi connectivity index (χ0v) is 14.9. The summed E-state index contributed by atoms with van der Waals surface area (Å²) in [4.78, 5) is 23.5. The number of carbonyl (C=O) groups excluding carboxylic acids is 2. The summed E-state index contributed by atoms with van der Waals surface area (Å²) in [7, 11) is -3.02. The molecule has 1 fully saturated rings. The second-order valence-electron chi connectivity index (χ2n) is 5.98. The second-order valence-corrected chi connectivity index (χ2v) is 8.64. The van der Waals surface area contributed by atoms with Gasteiger partial charge in [0.25, 0.3) is 5.91 Å². The predicted octanol–water partition coefficient (Wildman–Crippen LogP) is 1.89. The molecule has 1 aromatic carbocycles. The summed E-state index contributed by atoms with van der Waals surface area (Å²) in [6.45, 7) is 1.41. The van der Waals surface area contributed by atoms with Crippen LogP contribution in [0.4, 0.5) is 0 Å². The maximum atomic E-state index is 11.8. The molecule has 2 rings (SSSR count). The molecule has 1 heterocycles. The van der Waals surface area contributed by atoms with Crippen molar-refractivity contribution < 1.29 is 22.7 Å². The molecule has 0 saturated carbocycles. The largest absolute Gasteiger partial charge is 0.456 e. The lowest BCUT2D eigenvalue weighted by atomic mass is 10.1. The van der Waals surface area contributed by atoms with Gasteiger partial charge in [-0.2, -0.15) is 0 Å². The van der Waals surface area contributed by atoms with Gasteiger partial charge in [0.1, 0.15) is 0 Å². The van der Waals surface area contributed by atoms with E-state index < -0.39 is 21.7 Å². The maximum Gasteiger partial charge on any atom is 0.306 e. The normalized spacial score (nSPS) is 20.3. The molecule has 0 unspecified atom stereocenters. The average molecular weight is 374 g/mol. The third-order valence-corrected chi connectivity index (χ3v) is 5.94. The minimum Gasteiger partial charge on any atom is -0.456 e. The Morgan fingerprint density at radius 3 is 2.79 bits per heavy atom. The highest BCUT2D eigenvalue weighted by Gasteiger charge is 2.30. The fourth-order valence-corrected chi connectivity index (χ4v) is 4.68. The fraction of sp³-hybridized carbons (Fsp3) is 0.500. The van der Waals surface area contributed by atoms with Crippen LogP contribution in [0.15, 0.2) is 24.3 Å². The van der Waals surface area contributed by atoms with Crippen LogP contribution in [-0.4, -0.2) is 38.4 Å². The molecule has 0 aromatic heterocycles. The van der Waals surface area contributed by atoms with Crippen molar-refractivity contribution in [2.75, 3.05) is 18.1 Å². The van der Waals surface area contributed by atoms with Crippen LogP contribution < -0.4 is 5.32 Å². The quantitative estimate of drug-likeness (QED) is 0.769. The highest BCUT2D eigenvalue weighted by Crippen LogP contribution is 2.22. The van der Waals surface area contributed by atoms with Crippen LogP contribution in [0.25, 0.3) is 0 Å². The highest BCUT2D eigenvalue weighted by atomic mass is 35.5. The highest BCUT2D eigenvalue weighted by molar-refractivity contribution is 7.91. The summed E-state index contributed by atoms with van der Waals surface area (Å²) >= 11 is 5.90. The number of hydrogen-bond donors (Lipinski definition) is 1. The molecule has 1 aromatic rings. The van der Waals surface area contributed by atoms with Gasteiger partial charge in [0, 0.05) is 11.4 Å². The SMILES string of the molecule is C[C@H](NC(=O)COC(=O)C[C@H]1CCS(=O)(=O)C1)c1cccc(Cl)c1. The molecule has 0 radical (unpaired) electrons. The van der Waals surface area contributed by atoms with Crippen LogP contribution in [0, 0.1) is 5.92 Å². The van der Waals surface area contributed by atoms with E-state index in [9.17, 15) is 18.0 Å². The first-order valence-electron chi connectivity index (χ1n) is 7.66. The van der Waals surface area contributed by atoms with Gasteiger partial charge in [0.2, 0.25) is 0 Å². The smallest absolute Gasteiger partial charge is 0.306 e. The van der Waals surface area contributed by atoms with E-state index in [-0.39, 0.29) is 36.5 Å². The van der Waals surface area contributed by atoms with Crippen molar-refractivity contribution in [2.24, 2.45) is 5.92 Å². The Bertz CT molecular complexity index is 719. The molecule has 132 valence electrons. The van der Waals surface area contributed by atoms with Gasteiger partial charge in [0.05, 0.1) is 17.5 Å². The van der Waals surface area contributed by atoms with Crippen LogP contribution in [0.2, 0.25) is 5.02 Å². The molecule has 8 heteroatoms. The standard InChI is InChI=1S/C16H20ClNO5S/c1-11(13-3-2-4-14(17)8-13)18-15(19)9-23-16(20)7-12-5-6-24(21,22)10-12/h2-4,8,11-12H,5-7,9-10H2,1H3,(H,18,19)/t11-,12+/m0/s1. The van der Waals surface area contributed by atoms with Gasteiger partial charge in [-0.1, -0.05) is 23.7 Å². The lowest BCUT2D eigenvalue weighted by Crippen LogP contribution is -2.31. The van der Waals surface area contributed by atoms with E-state index in [2.05, 4.69) is 5.32 Å². The zero-order valence-electron chi connectivity index (χ0n) is 13.3. The number of esters is 1. The summed E-state index contributed by atoms with van der Waals surface area (Å²) in [6.07, 6.45) is 0.492. The number of nitrogens with one attached hydrogen (secondary N) is 1. The summed E-state index contributed by atoms with van der Waals surface area (Å²) in [5, 5.41) is 3.29. The first-order valence-corrected chi connectivity index (χ1v) is 9.86. The van der Waals surface area contributed by atoms with Gasteiger partial charge in [-0.15, -0.1) is 0 Å². The van der Waals surface area contributed by atoms with E-state index in [1.165, 1.54) is 0 Å². The van der Waals surface area contributed by atoms with Crippen molar-refractivity contribution in [3.05, 3.63) is 34.9 Å². The average Bonchev–Trinajstić information content (AvgIpc) is 2.84. The Labute approximate surface area is 146 Å². The molecule has 6 nitrogen and oxygen atoms in total. The van der Waals surface area contributed by atoms with Gasteiger partial charge in [-0.3, -0.25) is 9.59 Å². The number of sulfone groups is 1. The van der Waals surface area contributed by atoms with E-state index in [1.54, 1.807) is 25.1 Å². The Morgan fingerprint density at radius 1 is 1.42 bits per heavy atom. The Morgan fingerprint density at radius 2 is 2.17 bits per heavy atom. The van der Waals surface area contributed by atoms with Crippen LogP contribution in [0.1, 0.15) is 31.4 Å². The number of halogens is 1. The van der Waals surface area contributed by atoms with Crippen LogP contribution in [0.5, 0.6) is 0 Å². The molecule has 1 saturated heterocycles. The minimum absolute atomic E-state index is 0.0140. The number of hydrogen-bond acceptors (Lipinski definition) is 5. The third kappa shape index (κ3) is 5.79. The van der Waals surface area contributed by atoms with E-state index in [0.717, 1.165) is 5.56 Å². The Hall–Kier alpha value is -1.60. The summed E-state index contributed by atoms with van der Waals surface area (Å²) in [5.74, 6) is -1.06. The molecule has 1 N–H and O–H groups in total. The van der Waals surface area contributed by atoms with Crippen molar-refractivity contribution in [3.63, 3.8) is 0 Å². The van der Waals surface area contributed by atoms with E-state index in [4.69, 9.17) is 16.3 Å². The molecule has 1 amide bonds. The van der Waals surface area contributed by atoms with Gasteiger partial charge in [-0.05, 0) is 37.0 Å². The number of rotatable bonds is 6. The first-order chi connectivity index (χ1) is 11.2. The molecule has 1 aliphatic heterocycles. The topological polar surface area (TPSA) is 89.5 Å². The van der Waals surface area contributed by atoms with Gasteiger partial charge >= 0.3 is 5.97 Å². The summed E-state index contributed by atoms with van der Waals surface area (Å²) in [5.41, 5.74) is 0.846. The third-order valence-electron chi connectivity index (χ3n) is 3.87. The fourth-order valence-electron chi connectivity index (χ4n) is 2.62. The van der Waals surface area contributed by atoms with E-state index in [0.29, 0.717) is 11.4 Å². The number of amides is 1. The first kappa shape index (κ1) is 18.7. The minimum atomic E-state index is -3.02. The van der Waals surface area contributed by atoms with Crippen molar-refractivity contribution in [1.29, 1.82) is 0 Å². The van der Waals surface area contributed by atoms with Crippen LogP contribution in [0.3, 0.4) is 0 Å². The maximum absolute atomic E-state index is 11.8. The van der Waals surface area contributed by atoms with Gasteiger partial charge < -0.3 is 10.1 Å². The second kappa shape index (κ2) is 7.98. The monoisotopic (exact) mass is 373 g/mol. The lowest BCUT2D eigenvalue weighted by Gasteiger charge is -2.15. The lowest BCUT2D eigenvalue weighted by molar-refractivity contribution is -0.149. The molecule has 1 aliphatic rings. The van der Waals surface area contributed by atoms with Crippen LogP contribution in [-0.2, 0) is 24.2 Å². The molecule has 0 aliphatic carbocycles. The number of benzene rings is 1. The molecule has 0 spiro atoms. The van der Waals surface area contributed by atoms with E-state index >= 15 is 0 Å². The molecular formula is C16H20ClNO5S. The summed E-state index contributed by atoms with van der Waals surface area (Å²) < 4.78 is 27.6. The van der Waals surface area contributed by atoms with E-state index in [1.807, 2.05) is 6.07 Å². The molecule has 24 heavy (non-hydrogen) atoms. The van der Waals surface area contributed by atoms with Crippen molar-refractivity contribution in [3.8, 4) is 0 Å². The number of ether oxygens (including phenoxy) is 1. The molecular weight excluding hydrogens is 354 g/mol. The van der Waals surface area contributed by atoms with Gasteiger partial charge in [-0.25, -0.2) is 8.42 Å². The zero-order chi connectivity index (χ0) is 17.7. The van der Waals surface area contributed by atoms with Crippen molar-refractivity contribution in [1.82, 2.24) is 5.32 Å². The summed E-state index contributed by atoms with van der Waals surface area (Å²) in [6, 6.07) is 6.85.